The molecule has 0 atom stereocenters. The van der Waals surface area contributed by atoms with Gasteiger partial charge in [0, 0.05) is 25.0 Å². The Bertz CT molecular complexity index is 634. The predicted molar refractivity (Wildman–Crippen MR) is 77.0 cm³/mol. The molecule has 3 N–H and O–H groups in total. The van der Waals surface area contributed by atoms with Gasteiger partial charge in [-0.3, -0.25) is 4.79 Å². The highest BCUT2D eigenvalue weighted by Crippen LogP contribution is 2.11. The third-order valence-electron chi connectivity index (χ3n) is 2.82. The monoisotopic (exact) mass is 288 g/mol. The first-order valence-corrected chi connectivity index (χ1v) is 6.35. The fraction of sp³-hybridized carbons (Fsp3) is 0.214. The molecule has 0 aliphatic rings. The number of anilines is 1. The van der Waals surface area contributed by atoms with Crippen LogP contribution in [0.3, 0.4) is 0 Å². The molecule has 21 heavy (non-hydrogen) atoms. The summed E-state index contributed by atoms with van der Waals surface area (Å²) in [5, 5.41) is 2.70. The molecule has 2 aromatic rings. The highest BCUT2D eigenvalue weighted by atomic mass is 16.5. The molecule has 0 spiro atoms. The maximum atomic E-state index is 12.0. The van der Waals surface area contributed by atoms with Gasteiger partial charge in [0.05, 0.1) is 19.0 Å². The Morgan fingerprint density at radius 2 is 2.05 bits per heavy atom. The van der Waals surface area contributed by atoms with Gasteiger partial charge < -0.3 is 20.4 Å². The van der Waals surface area contributed by atoms with E-state index in [-0.39, 0.29) is 5.91 Å². The number of aromatic nitrogens is 2. The normalized spacial score (nSPS) is 10.2. The number of hydrogen-bond donors (Lipinski definition) is 2. The SMILES string of the molecule is COC(=O)c1ccc(NC(=O)c2cn(CCN)cn2)cc1. The highest BCUT2D eigenvalue weighted by Gasteiger charge is 2.10. The fourth-order valence-electron chi connectivity index (χ4n) is 1.75. The number of imidazole rings is 1. The molecule has 7 heteroatoms. The molecule has 0 saturated carbocycles. The summed E-state index contributed by atoms with van der Waals surface area (Å²) in [4.78, 5) is 27.3. The molecule has 1 aromatic heterocycles. The molecule has 0 radical (unpaired) electrons. The van der Waals surface area contributed by atoms with Crippen molar-refractivity contribution in [1.82, 2.24) is 9.55 Å². The number of amides is 1. The van der Waals surface area contributed by atoms with Gasteiger partial charge in [-0.2, -0.15) is 0 Å². The second-order valence-corrected chi connectivity index (χ2v) is 4.31. The molecule has 0 saturated heterocycles. The van der Waals surface area contributed by atoms with Crippen LogP contribution in [0.25, 0.3) is 0 Å². The molecule has 2 rings (SSSR count). The van der Waals surface area contributed by atoms with Gasteiger partial charge in [0.25, 0.3) is 5.91 Å². The minimum Gasteiger partial charge on any atom is -0.465 e. The Morgan fingerprint density at radius 1 is 1.33 bits per heavy atom. The summed E-state index contributed by atoms with van der Waals surface area (Å²) in [5.74, 6) is -0.745. The molecule has 1 heterocycles. The van der Waals surface area contributed by atoms with E-state index >= 15 is 0 Å². The van der Waals surface area contributed by atoms with Gasteiger partial charge in [0.2, 0.25) is 0 Å². The summed E-state index contributed by atoms with van der Waals surface area (Å²) in [6.07, 6.45) is 3.19. The van der Waals surface area contributed by atoms with E-state index in [2.05, 4.69) is 15.0 Å². The number of ether oxygens (including phenoxy) is 1. The van der Waals surface area contributed by atoms with Crippen LogP contribution >= 0.6 is 0 Å². The summed E-state index contributed by atoms with van der Waals surface area (Å²) >= 11 is 0. The quantitative estimate of drug-likeness (QED) is 0.796. The molecule has 0 aliphatic carbocycles. The summed E-state index contributed by atoms with van der Waals surface area (Å²) in [6.45, 7) is 1.08. The lowest BCUT2D eigenvalue weighted by molar-refractivity contribution is 0.0600. The highest BCUT2D eigenvalue weighted by molar-refractivity contribution is 6.03. The minimum absolute atomic E-state index is 0.306. The lowest BCUT2D eigenvalue weighted by Crippen LogP contribution is -2.13. The molecule has 0 fully saturated rings. The van der Waals surface area contributed by atoms with Crippen molar-refractivity contribution in [2.45, 2.75) is 6.54 Å². The van der Waals surface area contributed by atoms with Crippen LogP contribution in [0.1, 0.15) is 20.8 Å². The van der Waals surface area contributed by atoms with Crippen molar-refractivity contribution in [3.05, 3.63) is 48.0 Å². The van der Waals surface area contributed by atoms with Crippen molar-refractivity contribution in [2.24, 2.45) is 5.73 Å². The van der Waals surface area contributed by atoms with Gasteiger partial charge in [0.1, 0.15) is 5.69 Å². The molecule has 1 aromatic carbocycles. The van der Waals surface area contributed by atoms with E-state index in [1.165, 1.54) is 7.11 Å². The van der Waals surface area contributed by atoms with Crippen LogP contribution in [0.15, 0.2) is 36.8 Å². The average molecular weight is 288 g/mol. The largest absolute Gasteiger partial charge is 0.465 e. The van der Waals surface area contributed by atoms with Crippen molar-refractivity contribution in [2.75, 3.05) is 19.0 Å². The number of nitrogens with zero attached hydrogens (tertiary/aromatic N) is 2. The zero-order chi connectivity index (χ0) is 15.2. The Balaban J connectivity index is 2.03. The topological polar surface area (TPSA) is 99.2 Å². The average Bonchev–Trinajstić information content (AvgIpc) is 2.96. The van der Waals surface area contributed by atoms with Crippen LogP contribution in [0.2, 0.25) is 0 Å². The van der Waals surface area contributed by atoms with Crippen molar-refractivity contribution in [3.63, 3.8) is 0 Å². The van der Waals surface area contributed by atoms with E-state index in [0.717, 1.165) is 0 Å². The molecule has 7 nitrogen and oxygen atoms in total. The van der Waals surface area contributed by atoms with E-state index in [1.54, 1.807) is 41.4 Å². The Labute approximate surface area is 121 Å². The van der Waals surface area contributed by atoms with Gasteiger partial charge in [-0.15, -0.1) is 0 Å². The number of rotatable bonds is 5. The molecular formula is C14H16N4O3. The number of methoxy groups -OCH3 is 1. The number of nitrogens with one attached hydrogen (secondary N) is 1. The first kappa shape index (κ1) is 14.7. The first-order valence-electron chi connectivity index (χ1n) is 6.35. The number of hydrogen-bond acceptors (Lipinski definition) is 5. The van der Waals surface area contributed by atoms with Crippen LogP contribution in [0, 0.1) is 0 Å². The second-order valence-electron chi connectivity index (χ2n) is 4.31. The molecular weight excluding hydrogens is 272 g/mol. The first-order chi connectivity index (χ1) is 10.1. The van der Waals surface area contributed by atoms with Crippen LogP contribution in [-0.2, 0) is 11.3 Å². The van der Waals surface area contributed by atoms with Gasteiger partial charge in [-0.1, -0.05) is 0 Å². The smallest absolute Gasteiger partial charge is 0.337 e. The van der Waals surface area contributed by atoms with Gasteiger partial charge in [-0.05, 0) is 24.3 Å². The van der Waals surface area contributed by atoms with Gasteiger partial charge in [0.15, 0.2) is 0 Å². The summed E-state index contributed by atoms with van der Waals surface area (Å²) in [7, 11) is 1.32. The number of nitrogens with two attached hydrogens (primary N) is 1. The number of carbonyl (C=O) groups is 2. The van der Waals surface area contributed by atoms with E-state index in [1.807, 2.05) is 0 Å². The van der Waals surface area contributed by atoms with Crippen LogP contribution in [0.4, 0.5) is 5.69 Å². The third kappa shape index (κ3) is 3.67. The lowest BCUT2D eigenvalue weighted by atomic mass is 10.2. The molecule has 0 aliphatic heterocycles. The second kappa shape index (κ2) is 6.67. The maximum absolute atomic E-state index is 12.0. The Kier molecular flexibility index (Phi) is 4.68. The van der Waals surface area contributed by atoms with Crippen molar-refractivity contribution in [3.8, 4) is 0 Å². The van der Waals surface area contributed by atoms with Crippen LogP contribution in [0.5, 0.6) is 0 Å². The van der Waals surface area contributed by atoms with Crippen LogP contribution < -0.4 is 11.1 Å². The molecule has 0 unspecified atom stereocenters. The molecule has 1 amide bonds. The van der Waals surface area contributed by atoms with E-state index in [4.69, 9.17) is 5.73 Å². The maximum Gasteiger partial charge on any atom is 0.337 e. The zero-order valence-corrected chi connectivity index (χ0v) is 11.6. The standard InChI is InChI=1S/C14H16N4O3/c1-21-14(20)10-2-4-11(5-3-10)17-13(19)12-8-18(7-6-15)9-16-12/h2-5,8-9H,6-7,15H2,1H3,(H,17,19). The van der Waals surface area contributed by atoms with Crippen LogP contribution in [-0.4, -0.2) is 35.1 Å². The number of esters is 1. The molecule has 0 bridgehead atoms. The van der Waals surface area contributed by atoms with E-state index in [9.17, 15) is 9.59 Å². The molecule has 110 valence electrons. The third-order valence-corrected chi connectivity index (χ3v) is 2.82. The predicted octanol–water partition coefficient (Wildman–Crippen LogP) is 0.881. The minimum atomic E-state index is -0.423. The zero-order valence-electron chi connectivity index (χ0n) is 11.6. The van der Waals surface area contributed by atoms with Gasteiger partial charge >= 0.3 is 5.97 Å². The summed E-state index contributed by atoms with van der Waals surface area (Å²) in [6, 6.07) is 6.41. The fourth-order valence-corrected chi connectivity index (χ4v) is 1.75. The Hall–Kier alpha value is -2.67. The van der Waals surface area contributed by atoms with Gasteiger partial charge in [-0.25, -0.2) is 9.78 Å². The Morgan fingerprint density at radius 3 is 2.67 bits per heavy atom. The van der Waals surface area contributed by atoms with Crippen molar-refractivity contribution >= 4 is 17.6 Å². The van der Waals surface area contributed by atoms with Crippen molar-refractivity contribution < 1.29 is 14.3 Å². The van der Waals surface area contributed by atoms with E-state index < -0.39 is 5.97 Å². The summed E-state index contributed by atoms with van der Waals surface area (Å²) in [5.41, 5.74) is 6.73. The number of carbonyl (C=O) groups excluding carboxylic acids is 2. The lowest BCUT2D eigenvalue weighted by Gasteiger charge is -2.04. The number of benzene rings is 1. The van der Waals surface area contributed by atoms with Crippen molar-refractivity contribution in [1.29, 1.82) is 0 Å². The summed E-state index contributed by atoms with van der Waals surface area (Å²) < 4.78 is 6.35. The van der Waals surface area contributed by atoms with E-state index in [0.29, 0.717) is 30.0 Å².